The minimum Gasteiger partial charge on any atom is -0.497 e. The Labute approximate surface area is 196 Å². The predicted molar refractivity (Wildman–Crippen MR) is 132 cm³/mol. The average molecular weight is 445 g/mol. The Morgan fingerprint density at radius 3 is 2.21 bits per heavy atom. The van der Waals surface area contributed by atoms with Gasteiger partial charge in [-0.15, -0.1) is 0 Å². The van der Waals surface area contributed by atoms with Gasteiger partial charge < -0.3 is 14.4 Å². The van der Waals surface area contributed by atoms with Gasteiger partial charge in [0.2, 0.25) is 0 Å². The van der Waals surface area contributed by atoms with Crippen LogP contribution in [0.4, 0.5) is 5.69 Å². The predicted octanol–water partition coefficient (Wildman–Crippen LogP) is 5.32. The van der Waals surface area contributed by atoms with E-state index in [0.29, 0.717) is 11.3 Å². The number of nitrogens with zero attached hydrogens (tertiary/aromatic N) is 2. The Morgan fingerprint density at radius 1 is 0.909 bits per heavy atom. The molecule has 0 bridgehead atoms. The van der Waals surface area contributed by atoms with E-state index < -0.39 is 0 Å². The van der Waals surface area contributed by atoms with Gasteiger partial charge in [-0.25, -0.2) is 0 Å². The van der Waals surface area contributed by atoms with Gasteiger partial charge in [0, 0.05) is 31.4 Å². The number of benzene rings is 3. The van der Waals surface area contributed by atoms with Crippen LogP contribution in [-0.4, -0.2) is 44.2 Å². The van der Waals surface area contributed by atoms with E-state index in [1.54, 1.807) is 14.2 Å². The maximum atomic E-state index is 13.8. The van der Waals surface area contributed by atoms with Gasteiger partial charge in [-0.1, -0.05) is 42.0 Å². The molecular weight excluding hydrogens is 412 g/mol. The van der Waals surface area contributed by atoms with Crippen LogP contribution in [0.5, 0.6) is 11.5 Å². The van der Waals surface area contributed by atoms with Crippen LogP contribution in [0.15, 0.2) is 72.8 Å². The van der Waals surface area contributed by atoms with Crippen LogP contribution in [0.2, 0.25) is 0 Å². The smallest absolute Gasteiger partial charge is 0.262 e. The third-order valence-electron chi connectivity index (χ3n) is 6.36. The highest BCUT2D eigenvalue weighted by Crippen LogP contribution is 2.29. The molecule has 172 valence electrons. The van der Waals surface area contributed by atoms with Crippen LogP contribution < -0.4 is 14.4 Å². The van der Waals surface area contributed by atoms with Crippen molar-refractivity contribution in [2.45, 2.75) is 32.4 Å². The molecule has 0 unspecified atom stereocenters. The first-order valence-corrected chi connectivity index (χ1v) is 11.5. The van der Waals surface area contributed by atoms with Gasteiger partial charge in [-0.05, 0) is 61.7 Å². The quantitative estimate of drug-likeness (QED) is 0.494. The highest BCUT2D eigenvalue weighted by atomic mass is 16.5. The molecule has 0 atom stereocenters. The zero-order valence-electron chi connectivity index (χ0n) is 19.7. The molecule has 1 aliphatic heterocycles. The van der Waals surface area contributed by atoms with Crippen LogP contribution in [0.1, 0.15) is 34.3 Å². The van der Waals surface area contributed by atoms with Crippen molar-refractivity contribution in [2.75, 3.05) is 32.2 Å². The summed E-state index contributed by atoms with van der Waals surface area (Å²) in [7, 11) is 3.30. The second kappa shape index (κ2) is 10.5. The van der Waals surface area contributed by atoms with Crippen molar-refractivity contribution in [3.8, 4) is 11.5 Å². The fourth-order valence-corrected chi connectivity index (χ4v) is 4.48. The topological polar surface area (TPSA) is 42.0 Å². The van der Waals surface area contributed by atoms with Crippen molar-refractivity contribution < 1.29 is 14.3 Å². The van der Waals surface area contributed by atoms with Gasteiger partial charge in [-0.2, -0.15) is 0 Å². The molecule has 4 rings (SSSR count). The summed E-state index contributed by atoms with van der Waals surface area (Å²) in [4.78, 5) is 18.2. The number of carbonyl (C=O) groups is 1. The monoisotopic (exact) mass is 444 g/mol. The number of carbonyl (C=O) groups excluding carboxylic acids is 1. The number of anilines is 1. The van der Waals surface area contributed by atoms with Gasteiger partial charge in [0.15, 0.2) is 0 Å². The number of methoxy groups -OCH3 is 2. The third kappa shape index (κ3) is 5.37. The molecule has 5 nitrogen and oxygen atoms in total. The number of hydrogen-bond acceptors (Lipinski definition) is 4. The summed E-state index contributed by atoms with van der Waals surface area (Å²) in [6.45, 7) is 4.85. The summed E-state index contributed by atoms with van der Waals surface area (Å²) in [6, 6.07) is 24.1. The SMILES string of the molecule is COc1ccc(CN2CCC(N(C(=O)c3ccccc3OC)c3ccc(C)cc3)CC2)cc1. The molecule has 1 aliphatic rings. The lowest BCUT2D eigenvalue weighted by molar-refractivity contribution is 0.0955. The number of hydrogen-bond donors (Lipinski definition) is 0. The van der Waals surface area contributed by atoms with E-state index in [1.807, 2.05) is 53.4 Å². The highest BCUT2D eigenvalue weighted by Gasteiger charge is 2.31. The molecular formula is C28H32N2O3. The minimum atomic E-state index is -0.00934. The number of amides is 1. The second-order valence-corrected chi connectivity index (χ2v) is 8.57. The molecule has 0 spiro atoms. The number of para-hydroxylation sites is 1. The van der Waals surface area contributed by atoms with E-state index in [1.165, 1.54) is 11.1 Å². The summed E-state index contributed by atoms with van der Waals surface area (Å²) in [5.41, 5.74) is 3.99. The average Bonchev–Trinajstić information content (AvgIpc) is 2.86. The Balaban J connectivity index is 1.51. The lowest BCUT2D eigenvalue weighted by atomic mass is 9.99. The Hall–Kier alpha value is -3.31. The van der Waals surface area contributed by atoms with Crippen molar-refractivity contribution in [1.29, 1.82) is 0 Å². The Morgan fingerprint density at radius 2 is 1.58 bits per heavy atom. The third-order valence-corrected chi connectivity index (χ3v) is 6.36. The molecule has 1 fully saturated rings. The first-order valence-electron chi connectivity index (χ1n) is 11.5. The van der Waals surface area contributed by atoms with E-state index in [2.05, 4.69) is 36.1 Å². The fraction of sp³-hybridized carbons (Fsp3) is 0.321. The van der Waals surface area contributed by atoms with Gasteiger partial charge in [0.05, 0.1) is 19.8 Å². The molecule has 3 aromatic rings. The largest absolute Gasteiger partial charge is 0.497 e. The van der Waals surface area contributed by atoms with Crippen LogP contribution in [-0.2, 0) is 6.54 Å². The van der Waals surface area contributed by atoms with Crippen LogP contribution >= 0.6 is 0 Å². The highest BCUT2D eigenvalue weighted by molar-refractivity contribution is 6.08. The van der Waals surface area contributed by atoms with Crippen molar-refractivity contribution in [1.82, 2.24) is 4.90 Å². The lowest BCUT2D eigenvalue weighted by Crippen LogP contribution is -2.47. The molecule has 0 saturated carbocycles. The molecule has 1 saturated heterocycles. The molecule has 0 aromatic heterocycles. The molecule has 3 aromatic carbocycles. The maximum absolute atomic E-state index is 13.8. The molecule has 1 amide bonds. The normalized spacial score (nSPS) is 14.6. The van der Waals surface area contributed by atoms with Gasteiger partial charge in [0.25, 0.3) is 5.91 Å². The van der Waals surface area contributed by atoms with Gasteiger partial charge in [0.1, 0.15) is 11.5 Å². The number of rotatable bonds is 7. The molecule has 0 radical (unpaired) electrons. The molecule has 0 N–H and O–H groups in total. The zero-order valence-corrected chi connectivity index (χ0v) is 19.7. The van der Waals surface area contributed by atoms with Gasteiger partial charge in [-0.3, -0.25) is 9.69 Å². The first-order chi connectivity index (χ1) is 16.1. The number of aryl methyl sites for hydroxylation is 1. The van der Waals surface area contributed by atoms with E-state index in [9.17, 15) is 4.79 Å². The van der Waals surface area contributed by atoms with Crippen LogP contribution in [0, 0.1) is 6.92 Å². The van der Waals surface area contributed by atoms with Crippen molar-refractivity contribution in [3.05, 3.63) is 89.5 Å². The summed E-state index contributed by atoms with van der Waals surface area (Å²) in [5, 5.41) is 0. The van der Waals surface area contributed by atoms with Crippen LogP contribution in [0.25, 0.3) is 0 Å². The van der Waals surface area contributed by atoms with E-state index >= 15 is 0 Å². The molecule has 1 heterocycles. The van der Waals surface area contributed by atoms with Crippen molar-refractivity contribution in [3.63, 3.8) is 0 Å². The second-order valence-electron chi connectivity index (χ2n) is 8.57. The number of ether oxygens (including phenoxy) is 2. The number of likely N-dealkylation sites (tertiary alicyclic amines) is 1. The van der Waals surface area contributed by atoms with E-state index in [4.69, 9.17) is 9.47 Å². The molecule has 0 aliphatic carbocycles. The van der Waals surface area contributed by atoms with Crippen molar-refractivity contribution in [2.24, 2.45) is 0 Å². The Bertz CT molecular complexity index is 1060. The number of piperidine rings is 1. The summed E-state index contributed by atoms with van der Waals surface area (Å²) < 4.78 is 10.8. The fourth-order valence-electron chi connectivity index (χ4n) is 4.48. The summed E-state index contributed by atoms with van der Waals surface area (Å²) >= 11 is 0. The molecule has 33 heavy (non-hydrogen) atoms. The van der Waals surface area contributed by atoms with Crippen LogP contribution in [0.3, 0.4) is 0 Å². The Kier molecular flexibility index (Phi) is 7.30. The first kappa shape index (κ1) is 22.9. The summed E-state index contributed by atoms with van der Waals surface area (Å²) in [5.74, 6) is 1.47. The zero-order chi connectivity index (χ0) is 23.2. The van der Waals surface area contributed by atoms with E-state index in [0.717, 1.165) is 43.9 Å². The minimum absolute atomic E-state index is 0.00934. The maximum Gasteiger partial charge on any atom is 0.262 e. The summed E-state index contributed by atoms with van der Waals surface area (Å²) in [6.07, 6.45) is 1.84. The lowest BCUT2D eigenvalue weighted by Gasteiger charge is -2.39. The van der Waals surface area contributed by atoms with Gasteiger partial charge >= 0.3 is 0 Å². The standard InChI is InChI=1S/C28H32N2O3/c1-21-8-12-23(13-9-21)30(28(31)26-6-4-5-7-27(26)33-3)24-16-18-29(19-17-24)20-22-10-14-25(32-2)15-11-22/h4-15,24H,16-20H2,1-3H3. The van der Waals surface area contributed by atoms with Crippen molar-refractivity contribution >= 4 is 11.6 Å². The van der Waals surface area contributed by atoms with E-state index in [-0.39, 0.29) is 11.9 Å². The molecule has 5 heteroatoms.